The summed E-state index contributed by atoms with van der Waals surface area (Å²) in [6, 6.07) is 31.5. The van der Waals surface area contributed by atoms with Crippen molar-refractivity contribution < 1.29 is 28.5 Å². The zero-order valence-corrected chi connectivity index (χ0v) is 32.7. The molecule has 2 aliphatic heterocycles. The van der Waals surface area contributed by atoms with Gasteiger partial charge in [0.15, 0.2) is 0 Å². The van der Waals surface area contributed by atoms with Gasteiger partial charge in [-0.05, 0) is 102 Å². The normalized spacial score (nSPS) is 17.6. The lowest BCUT2D eigenvalue weighted by molar-refractivity contribution is 0.0638. The van der Waals surface area contributed by atoms with E-state index in [1.54, 1.807) is 29.8 Å². The van der Waals surface area contributed by atoms with E-state index in [0.29, 0.717) is 47.2 Å². The molecule has 57 heavy (non-hydrogen) atoms. The Kier molecular flexibility index (Phi) is 13.2. The number of hydrogen-bond donors (Lipinski definition) is 2. The van der Waals surface area contributed by atoms with Gasteiger partial charge in [-0.1, -0.05) is 84.8 Å². The third kappa shape index (κ3) is 10.6. The van der Waals surface area contributed by atoms with E-state index >= 15 is 0 Å². The SMILES string of the molecule is Cc1ccc(F)c(-c2cccc(OCC(O)CN3CCC4=C(C=CC4C)C3)c2)c1.OC(COc1cccc(-c2cccnc2F)c1)CN1CCc2ccccc2C1. The number of aliphatic hydroxyl groups is 2. The molecule has 3 atom stereocenters. The van der Waals surface area contributed by atoms with Crippen LogP contribution in [0.3, 0.4) is 0 Å². The van der Waals surface area contributed by atoms with E-state index in [1.807, 2.05) is 55.5 Å². The van der Waals surface area contributed by atoms with Crippen molar-refractivity contribution in [3.05, 3.63) is 161 Å². The van der Waals surface area contributed by atoms with Crippen molar-refractivity contribution in [2.24, 2.45) is 5.92 Å². The topological polar surface area (TPSA) is 78.3 Å². The number of aromatic nitrogens is 1. The van der Waals surface area contributed by atoms with Crippen molar-refractivity contribution in [2.45, 2.75) is 45.4 Å². The van der Waals surface area contributed by atoms with E-state index in [0.717, 1.165) is 50.1 Å². The molecule has 0 bridgehead atoms. The quantitative estimate of drug-likeness (QED) is 0.123. The fourth-order valence-corrected chi connectivity index (χ4v) is 7.84. The summed E-state index contributed by atoms with van der Waals surface area (Å²) in [6.07, 6.45) is 6.82. The number of benzene rings is 4. The van der Waals surface area contributed by atoms with Crippen LogP contribution in [0.25, 0.3) is 22.3 Å². The van der Waals surface area contributed by atoms with E-state index in [4.69, 9.17) is 9.47 Å². The van der Waals surface area contributed by atoms with Gasteiger partial charge in [0.25, 0.3) is 0 Å². The molecule has 0 saturated carbocycles. The van der Waals surface area contributed by atoms with Crippen LogP contribution in [0.15, 0.2) is 133 Å². The maximum absolute atomic E-state index is 14.2. The molecule has 3 heterocycles. The molecule has 296 valence electrons. The molecule has 2 N–H and O–H groups in total. The standard InChI is InChI=1S/C25H28FNO2.C23H23FN2O2/c1-17-6-9-25(26)24(12-17)19-4-3-5-22(13-19)29-16-21(28)15-27-11-10-23-18(2)7-8-20(23)14-27;24-23-22(9-4-11-25-23)18-7-3-8-21(13-18)28-16-20(27)15-26-12-10-17-5-1-2-6-19(17)14-26/h3-9,12-13,18,21,28H,10-11,14-16H2,1-2H3;1-9,11,13,20,27H,10,12,14-16H2. The first-order valence-electron chi connectivity index (χ1n) is 19.8. The molecular weight excluding hydrogens is 721 g/mol. The van der Waals surface area contributed by atoms with Gasteiger partial charge in [0.1, 0.15) is 42.7 Å². The van der Waals surface area contributed by atoms with Crippen LogP contribution in [0.2, 0.25) is 0 Å². The zero-order valence-electron chi connectivity index (χ0n) is 32.7. The highest BCUT2D eigenvalue weighted by Crippen LogP contribution is 2.32. The number of fused-ring (bicyclic) bond motifs is 1. The summed E-state index contributed by atoms with van der Waals surface area (Å²) in [5, 5.41) is 20.9. The van der Waals surface area contributed by atoms with E-state index in [-0.39, 0.29) is 19.0 Å². The van der Waals surface area contributed by atoms with Crippen LogP contribution in [0.4, 0.5) is 8.78 Å². The van der Waals surface area contributed by atoms with E-state index in [2.05, 4.69) is 58.1 Å². The van der Waals surface area contributed by atoms with Gasteiger partial charge in [-0.15, -0.1) is 0 Å². The molecule has 3 aliphatic rings. The van der Waals surface area contributed by atoms with Crippen molar-refractivity contribution >= 4 is 0 Å². The zero-order chi connectivity index (χ0) is 39.7. The molecule has 1 aromatic heterocycles. The number of hydrogen-bond acceptors (Lipinski definition) is 7. The van der Waals surface area contributed by atoms with Crippen molar-refractivity contribution in [3.8, 4) is 33.8 Å². The number of ether oxygens (including phenoxy) is 2. The Morgan fingerprint density at radius 3 is 2.07 bits per heavy atom. The Labute approximate surface area is 334 Å². The van der Waals surface area contributed by atoms with Crippen LogP contribution in [0.5, 0.6) is 11.5 Å². The van der Waals surface area contributed by atoms with Crippen LogP contribution in [0, 0.1) is 24.6 Å². The molecule has 0 fully saturated rings. The van der Waals surface area contributed by atoms with Gasteiger partial charge < -0.3 is 19.7 Å². The number of allylic oxidation sites excluding steroid dienone is 1. The Morgan fingerprint density at radius 1 is 0.719 bits per heavy atom. The van der Waals surface area contributed by atoms with Gasteiger partial charge in [-0.25, -0.2) is 9.37 Å². The molecule has 0 saturated heterocycles. The molecule has 3 unspecified atom stereocenters. The average molecular weight is 772 g/mol. The molecular formula is C48H51F2N3O4. The van der Waals surface area contributed by atoms with Gasteiger partial charge in [0.05, 0.1) is 0 Å². The Morgan fingerprint density at radius 2 is 1.37 bits per heavy atom. The maximum atomic E-state index is 14.2. The highest BCUT2D eigenvalue weighted by molar-refractivity contribution is 5.66. The Balaban J connectivity index is 0.000000174. The highest BCUT2D eigenvalue weighted by atomic mass is 19.1. The van der Waals surface area contributed by atoms with Gasteiger partial charge in [-0.3, -0.25) is 9.80 Å². The minimum atomic E-state index is -0.593. The van der Waals surface area contributed by atoms with Gasteiger partial charge in [-0.2, -0.15) is 4.39 Å². The first kappa shape index (κ1) is 40.0. The summed E-state index contributed by atoms with van der Waals surface area (Å²) >= 11 is 0. The van der Waals surface area contributed by atoms with E-state index in [1.165, 1.54) is 29.0 Å². The fourth-order valence-electron chi connectivity index (χ4n) is 7.84. The Bertz CT molecular complexity index is 2210. The number of nitrogens with zero attached hydrogens (tertiary/aromatic N) is 3. The van der Waals surface area contributed by atoms with Gasteiger partial charge in [0, 0.05) is 56.6 Å². The summed E-state index contributed by atoms with van der Waals surface area (Å²) in [4.78, 5) is 8.22. The second-order valence-corrected chi connectivity index (χ2v) is 15.2. The summed E-state index contributed by atoms with van der Waals surface area (Å²) in [5.74, 6) is 1.04. The molecule has 8 rings (SSSR count). The first-order valence-corrected chi connectivity index (χ1v) is 19.8. The number of rotatable bonds is 12. The number of β-amino-alcohol motifs (C(OH)–C–C–N with tert-alkyl or cyclic N) is 2. The predicted octanol–water partition coefficient (Wildman–Crippen LogP) is 8.43. The third-order valence-electron chi connectivity index (χ3n) is 10.8. The van der Waals surface area contributed by atoms with Crippen molar-refractivity contribution in [2.75, 3.05) is 45.9 Å². The van der Waals surface area contributed by atoms with Crippen molar-refractivity contribution in [3.63, 3.8) is 0 Å². The molecule has 0 radical (unpaired) electrons. The maximum Gasteiger partial charge on any atom is 0.220 e. The molecule has 0 spiro atoms. The first-order chi connectivity index (χ1) is 27.7. The predicted molar refractivity (Wildman–Crippen MR) is 221 cm³/mol. The number of aliphatic hydroxyl groups excluding tert-OH is 2. The van der Waals surface area contributed by atoms with Gasteiger partial charge >= 0.3 is 0 Å². The van der Waals surface area contributed by atoms with Crippen molar-refractivity contribution in [1.82, 2.24) is 14.8 Å². The monoisotopic (exact) mass is 771 g/mol. The largest absolute Gasteiger partial charge is 0.491 e. The molecule has 0 amide bonds. The second-order valence-electron chi connectivity index (χ2n) is 15.2. The minimum Gasteiger partial charge on any atom is -0.491 e. The van der Waals surface area contributed by atoms with Crippen LogP contribution in [-0.4, -0.2) is 83.1 Å². The lowest BCUT2D eigenvalue weighted by Gasteiger charge is -2.30. The molecule has 1 aliphatic carbocycles. The molecule has 5 aromatic rings. The highest BCUT2D eigenvalue weighted by Gasteiger charge is 2.25. The van der Waals surface area contributed by atoms with E-state index in [9.17, 15) is 19.0 Å². The van der Waals surface area contributed by atoms with Gasteiger partial charge in [0.2, 0.25) is 5.95 Å². The number of pyridine rings is 1. The number of halogens is 2. The lowest BCUT2D eigenvalue weighted by Crippen LogP contribution is -2.39. The molecule has 9 heteroatoms. The van der Waals surface area contributed by atoms with E-state index < -0.39 is 18.2 Å². The second kappa shape index (κ2) is 18.8. The minimum absolute atomic E-state index is 0.192. The molecule has 4 aromatic carbocycles. The van der Waals surface area contributed by atoms with Crippen LogP contribution < -0.4 is 9.47 Å². The lowest BCUT2D eigenvalue weighted by atomic mass is 9.95. The third-order valence-corrected chi connectivity index (χ3v) is 10.8. The summed E-state index contributed by atoms with van der Waals surface area (Å²) in [7, 11) is 0. The van der Waals surface area contributed by atoms with Crippen LogP contribution in [0.1, 0.15) is 30.0 Å². The molecule has 7 nitrogen and oxygen atoms in total. The number of aryl methyl sites for hydroxylation is 1. The smallest absolute Gasteiger partial charge is 0.220 e. The summed E-state index contributed by atoms with van der Waals surface area (Å²) in [5.41, 5.74) is 9.15. The fraction of sp³-hybridized carbons (Fsp3) is 0.312. The van der Waals surface area contributed by atoms with Crippen LogP contribution in [-0.2, 0) is 13.0 Å². The Hall–Kier alpha value is -5.19. The van der Waals surface area contributed by atoms with Crippen LogP contribution >= 0.6 is 0 Å². The summed E-state index contributed by atoms with van der Waals surface area (Å²) in [6.45, 7) is 9.41. The summed E-state index contributed by atoms with van der Waals surface area (Å²) < 4.78 is 39.7. The average Bonchev–Trinajstić information content (AvgIpc) is 3.60. The van der Waals surface area contributed by atoms with Crippen molar-refractivity contribution in [1.29, 1.82) is 0 Å².